The van der Waals surface area contributed by atoms with Crippen LogP contribution in [0.3, 0.4) is 0 Å². The highest BCUT2D eigenvalue weighted by Crippen LogP contribution is 2.22. The first-order chi connectivity index (χ1) is 16.6. The topological polar surface area (TPSA) is 71.1 Å². The Labute approximate surface area is 199 Å². The lowest BCUT2D eigenvalue weighted by atomic mass is 10.0. The summed E-state index contributed by atoms with van der Waals surface area (Å²) in [6.45, 7) is 4.53. The monoisotopic (exact) mass is 459 g/mol. The van der Waals surface area contributed by atoms with Gasteiger partial charge in [-0.15, -0.1) is 0 Å². The quantitative estimate of drug-likeness (QED) is 0.536. The van der Waals surface area contributed by atoms with Crippen molar-refractivity contribution >= 4 is 23.2 Å². The molecule has 3 aromatic carbocycles. The second-order valence-electron chi connectivity index (χ2n) is 8.08. The van der Waals surface area contributed by atoms with E-state index in [0.717, 1.165) is 11.1 Å². The summed E-state index contributed by atoms with van der Waals surface area (Å²) in [7, 11) is 1.47. The molecule has 0 aromatic heterocycles. The van der Waals surface area contributed by atoms with Gasteiger partial charge in [0.05, 0.1) is 32.1 Å². The van der Waals surface area contributed by atoms with E-state index in [9.17, 15) is 9.59 Å². The smallest absolute Gasteiger partial charge is 0.267 e. The van der Waals surface area contributed by atoms with Crippen molar-refractivity contribution in [2.45, 2.75) is 13.0 Å². The number of amides is 2. The second-order valence-corrected chi connectivity index (χ2v) is 8.08. The summed E-state index contributed by atoms with van der Waals surface area (Å²) in [5.41, 5.74) is 3.95. The zero-order valence-electron chi connectivity index (χ0n) is 19.4. The molecule has 1 heterocycles. The number of benzene rings is 3. The molecule has 0 bridgehead atoms. The first-order valence-electron chi connectivity index (χ1n) is 11.3. The second kappa shape index (κ2) is 11.1. The molecule has 7 nitrogen and oxygen atoms in total. The van der Waals surface area contributed by atoms with E-state index in [-0.39, 0.29) is 17.9 Å². The van der Waals surface area contributed by atoms with E-state index in [1.54, 1.807) is 24.3 Å². The summed E-state index contributed by atoms with van der Waals surface area (Å²) >= 11 is 0. The number of nitrogens with one attached hydrogen (secondary N) is 1. The van der Waals surface area contributed by atoms with Crippen LogP contribution in [0, 0.1) is 0 Å². The Morgan fingerprint density at radius 1 is 0.912 bits per heavy atom. The molecule has 0 spiro atoms. The van der Waals surface area contributed by atoms with E-state index in [4.69, 9.17) is 9.57 Å². The Hall–Kier alpha value is -3.52. The number of rotatable bonds is 7. The first-order valence-corrected chi connectivity index (χ1v) is 11.3. The number of anilines is 2. The molecule has 0 radical (unpaired) electrons. The maximum absolute atomic E-state index is 13.0. The van der Waals surface area contributed by atoms with Crippen LogP contribution >= 0.6 is 0 Å². The third-order valence-electron chi connectivity index (χ3n) is 5.95. The predicted molar refractivity (Wildman–Crippen MR) is 133 cm³/mol. The fourth-order valence-corrected chi connectivity index (χ4v) is 3.94. The molecule has 1 fully saturated rings. The summed E-state index contributed by atoms with van der Waals surface area (Å²) in [5, 5.41) is 4.19. The largest absolute Gasteiger partial charge is 0.379 e. The molecule has 1 N–H and O–H groups in total. The normalized spacial score (nSPS) is 14.9. The summed E-state index contributed by atoms with van der Waals surface area (Å²) in [6, 6.07) is 24.2. The van der Waals surface area contributed by atoms with Crippen LogP contribution < -0.4 is 10.4 Å². The lowest BCUT2D eigenvalue weighted by Crippen LogP contribution is -2.50. The summed E-state index contributed by atoms with van der Waals surface area (Å²) in [4.78, 5) is 33.2. The van der Waals surface area contributed by atoms with Gasteiger partial charge in [-0.05, 0) is 54.4 Å². The van der Waals surface area contributed by atoms with Gasteiger partial charge in [-0.25, -0.2) is 0 Å². The highest BCUT2D eigenvalue weighted by Gasteiger charge is 2.28. The Kier molecular flexibility index (Phi) is 7.69. The number of ether oxygens (including phenoxy) is 1. The molecule has 0 saturated carbocycles. The van der Waals surface area contributed by atoms with Crippen LogP contribution in [-0.4, -0.2) is 56.2 Å². The van der Waals surface area contributed by atoms with E-state index < -0.39 is 0 Å². The van der Waals surface area contributed by atoms with E-state index in [1.807, 2.05) is 61.5 Å². The van der Waals surface area contributed by atoms with E-state index in [2.05, 4.69) is 10.2 Å². The average molecular weight is 460 g/mol. The molecule has 2 amide bonds. The lowest BCUT2D eigenvalue weighted by molar-refractivity contribution is -0.131. The molecule has 0 aliphatic carbocycles. The third kappa shape index (κ3) is 5.51. The minimum Gasteiger partial charge on any atom is -0.379 e. The van der Waals surface area contributed by atoms with Gasteiger partial charge in [-0.2, -0.15) is 5.06 Å². The van der Waals surface area contributed by atoms with Gasteiger partial charge in [0.1, 0.15) is 0 Å². The highest BCUT2D eigenvalue weighted by molar-refractivity contribution is 6.04. The van der Waals surface area contributed by atoms with Crippen molar-refractivity contribution < 1.29 is 19.2 Å². The minimum absolute atomic E-state index is 0.153. The van der Waals surface area contributed by atoms with Crippen molar-refractivity contribution in [1.29, 1.82) is 0 Å². The van der Waals surface area contributed by atoms with Crippen LogP contribution in [-0.2, 0) is 14.4 Å². The predicted octanol–water partition coefficient (Wildman–Crippen LogP) is 4.22. The fourth-order valence-electron chi connectivity index (χ4n) is 3.94. The van der Waals surface area contributed by atoms with Crippen LogP contribution in [0.1, 0.15) is 17.3 Å². The van der Waals surface area contributed by atoms with E-state index in [0.29, 0.717) is 43.2 Å². The molecule has 1 atom stereocenters. The summed E-state index contributed by atoms with van der Waals surface area (Å²) in [5.74, 6) is -0.354. The van der Waals surface area contributed by atoms with Crippen LogP contribution in [0.15, 0.2) is 78.9 Å². The van der Waals surface area contributed by atoms with Gasteiger partial charge >= 0.3 is 0 Å². The highest BCUT2D eigenvalue weighted by atomic mass is 16.7. The lowest BCUT2D eigenvalue weighted by Gasteiger charge is -2.33. The standard InChI is InChI=1S/C27H29N3O4/c1-20(29-16-18-34-19-17-29)27(32)30(33-2)25-14-12-24(13-15-25)28-26(31)23-10-8-22(9-11-23)21-6-4-3-5-7-21/h3-15,20H,16-19H2,1-2H3,(H,28,31)/t20-/m1/s1. The SMILES string of the molecule is CON(C(=O)[C@@H](C)N1CCOCC1)c1ccc(NC(=O)c2ccc(-c3ccccc3)cc2)cc1. The number of morpholine rings is 1. The molecule has 7 heteroatoms. The summed E-state index contributed by atoms with van der Waals surface area (Å²) < 4.78 is 5.37. The van der Waals surface area contributed by atoms with Crippen LogP contribution in [0.5, 0.6) is 0 Å². The zero-order chi connectivity index (χ0) is 23.9. The van der Waals surface area contributed by atoms with Gasteiger partial charge in [0, 0.05) is 24.3 Å². The number of carbonyl (C=O) groups excluding carboxylic acids is 2. The molecule has 0 unspecified atom stereocenters. The molecular formula is C27H29N3O4. The summed E-state index contributed by atoms with van der Waals surface area (Å²) in [6.07, 6.45) is 0. The maximum Gasteiger partial charge on any atom is 0.267 e. The Morgan fingerprint density at radius 3 is 2.15 bits per heavy atom. The van der Waals surface area contributed by atoms with Gasteiger partial charge in [0.2, 0.25) is 0 Å². The number of hydrogen-bond acceptors (Lipinski definition) is 5. The number of carbonyl (C=O) groups is 2. The Morgan fingerprint density at radius 2 is 1.53 bits per heavy atom. The van der Waals surface area contributed by atoms with Crippen LogP contribution in [0.4, 0.5) is 11.4 Å². The maximum atomic E-state index is 13.0. The number of hydrogen-bond donors (Lipinski definition) is 1. The van der Waals surface area contributed by atoms with Gasteiger partial charge < -0.3 is 10.1 Å². The molecule has 1 saturated heterocycles. The molecule has 3 aromatic rings. The van der Waals surface area contributed by atoms with Crippen LogP contribution in [0.2, 0.25) is 0 Å². The minimum atomic E-state index is -0.331. The fraction of sp³-hybridized carbons (Fsp3) is 0.259. The van der Waals surface area contributed by atoms with Crippen molar-refractivity contribution in [3.8, 4) is 11.1 Å². The van der Waals surface area contributed by atoms with Gasteiger partial charge in [0.25, 0.3) is 11.8 Å². The van der Waals surface area contributed by atoms with Crippen molar-refractivity contribution in [3.63, 3.8) is 0 Å². The molecule has 176 valence electrons. The van der Waals surface area contributed by atoms with Crippen molar-refractivity contribution in [1.82, 2.24) is 4.90 Å². The third-order valence-corrected chi connectivity index (χ3v) is 5.95. The van der Waals surface area contributed by atoms with E-state index >= 15 is 0 Å². The molecule has 1 aliphatic heterocycles. The molecule has 34 heavy (non-hydrogen) atoms. The number of hydroxylamine groups is 1. The molecule has 1 aliphatic rings. The van der Waals surface area contributed by atoms with Crippen molar-refractivity contribution in [2.24, 2.45) is 0 Å². The van der Waals surface area contributed by atoms with Gasteiger partial charge in [0.15, 0.2) is 0 Å². The van der Waals surface area contributed by atoms with Crippen molar-refractivity contribution in [3.05, 3.63) is 84.4 Å². The first kappa shape index (κ1) is 23.6. The van der Waals surface area contributed by atoms with Crippen molar-refractivity contribution in [2.75, 3.05) is 43.8 Å². The Bertz CT molecular complexity index is 1090. The van der Waals surface area contributed by atoms with Gasteiger partial charge in [-0.1, -0.05) is 42.5 Å². The van der Waals surface area contributed by atoms with E-state index in [1.165, 1.54) is 12.2 Å². The zero-order valence-corrected chi connectivity index (χ0v) is 19.4. The average Bonchev–Trinajstić information content (AvgIpc) is 2.90. The van der Waals surface area contributed by atoms with Crippen LogP contribution in [0.25, 0.3) is 11.1 Å². The Balaban J connectivity index is 1.39. The van der Waals surface area contributed by atoms with Gasteiger partial charge in [-0.3, -0.25) is 19.3 Å². The number of nitrogens with zero attached hydrogens (tertiary/aromatic N) is 2. The molecular weight excluding hydrogens is 430 g/mol. The molecule has 4 rings (SSSR count).